The summed E-state index contributed by atoms with van der Waals surface area (Å²) in [6.07, 6.45) is 1.12. The number of carbonyl (C=O) groups excluding carboxylic acids is 1. The number of aliphatic hydroxyl groups excluding tert-OH is 1. The van der Waals surface area contributed by atoms with Gasteiger partial charge in [-0.15, -0.1) is 0 Å². The summed E-state index contributed by atoms with van der Waals surface area (Å²) in [5.41, 5.74) is 8.12. The minimum absolute atomic E-state index is 0.0622. The second-order valence-corrected chi connectivity index (χ2v) is 8.50. The molecule has 4 atom stereocenters. The summed E-state index contributed by atoms with van der Waals surface area (Å²) < 4.78 is 14.8. The van der Waals surface area contributed by atoms with E-state index in [0.717, 1.165) is 11.3 Å². The van der Waals surface area contributed by atoms with E-state index in [9.17, 15) is 19.6 Å². The lowest BCUT2D eigenvalue weighted by atomic mass is 9.77. The Bertz CT molecular complexity index is 977. The molecule has 4 rings (SSSR count). The number of rotatable bonds is 5. The first-order valence-electron chi connectivity index (χ1n) is 10.5. The van der Waals surface area contributed by atoms with Crippen molar-refractivity contribution in [1.82, 2.24) is 14.7 Å². The van der Waals surface area contributed by atoms with Gasteiger partial charge in [0.05, 0.1) is 36.7 Å². The van der Waals surface area contributed by atoms with Crippen molar-refractivity contribution >= 4 is 17.4 Å². The molecule has 1 unspecified atom stereocenters. The number of alkyl halides is 1. The Morgan fingerprint density at radius 2 is 2.06 bits per heavy atom. The quantitative estimate of drug-likeness (QED) is 0.632. The first-order valence-corrected chi connectivity index (χ1v) is 10.5. The zero-order chi connectivity index (χ0) is 22.1. The van der Waals surface area contributed by atoms with Crippen molar-refractivity contribution in [3.63, 3.8) is 0 Å². The number of nitrogens with two attached hydrogens (primary N) is 1. The molecule has 1 aromatic heterocycles. The molecule has 0 spiro atoms. The van der Waals surface area contributed by atoms with Gasteiger partial charge in [-0.3, -0.25) is 9.48 Å². The maximum Gasteiger partial charge on any atom is 0.225 e. The first-order chi connectivity index (χ1) is 14.9. The van der Waals surface area contributed by atoms with Gasteiger partial charge in [0.2, 0.25) is 5.91 Å². The van der Waals surface area contributed by atoms with E-state index in [1.165, 1.54) is 4.90 Å². The normalized spacial score (nSPS) is 24.9. The van der Waals surface area contributed by atoms with Crippen molar-refractivity contribution < 1.29 is 14.3 Å². The molecule has 1 amide bonds. The molecule has 2 heterocycles. The van der Waals surface area contributed by atoms with Gasteiger partial charge >= 0.3 is 0 Å². The number of carbonyl (C=O) groups is 1. The molecule has 2 fully saturated rings. The molecule has 9 heteroatoms. The van der Waals surface area contributed by atoms with Crippen LogP contribution in [0, 0.1) is 30.1 Å². The predicted molar refractivity (Wildman–Crippen MR) is 113 cm³/mol. The van der Waals surface area contributed by atoms with Gasteiger partial charge in [-0.05, 0) is 38.3 Å². The van der Waals surface area contributed by atoms with E-state index in [4.69, 9.17) is 5.73 Å². The van der Waals surface area contributed by atoms with Gasteiger partial charge in [0, 0.05) is 17.8 Å². The highest BCUT2D eigenvalue weighted by Gasteiger charge is 2.40. The molecule has 0 radical (unpaired) electrons. The summed E-state index contributed by atoms with van der Waals surface area (Å²) in [6, 6.07) is 9.83. The Kier molecular flexibility index (Phi) is 5.94. The van der Waals surface area contributed by atoms with Crippen molar-refractivity contribution in [2.45, 2.75) is 44.6 Å². The second kappa shape index (κ2) is 8.65. The van der Waals surface area contributed by atoms with Crippen LogP contribution in [0.25, 0.3) is 0 Å². The lowest BCUT2D eigenvalue weighted by Crippen LogP contribution is -2.54. The highest BCUT2D eigenvalue weighted by atomic mass is 19.1. The van der Waals surface area contributed by atoms with Gasteiger partial charge in [0.25, 0.3) is 0 Å². The monoisotopic (exact) mass is 426 g/mol. The molecule has 4 N–H and O–H groups in total. The third kappa shape index (κ3) is 4.40. The van der Waals surface area contributed by atoms with Crippen LogP contribution in [0.3, 0.4) is 0 Å². The van der Waals surface area contributed by atoms with E-state index in [-0.39, 0.29) is 31.0 Å². The Morgan fingerprint density at radius 1 is 1.35 bits per heavy atom. The number of amides is 1. The largest absolute Gasteiger partial charge is 0.374 e. The van der Waals surface area contributed by atoms with Gasteiger partial charge in [-0.2, -0.15) is 10.4 Å². The molecule has 8 nitrogen and oxygen atoms in total. The van der Waals surface area contributed by atoms with Crippen LogP contribution >= 0.6 is 0 Å². The molecule has 0 bridgehead atoms. The lowest BCUT2D eigenvalue weighted by molar-refractivity contribution is -0.144. The highest BCUT2D eigenvalue weighted by Crippen LogP contribution is 2.39. The molecule has 1 saturated heterocycles. The average Bonchev–Trinajstić information content (AvgIpc) is 3.16. The van der Waals surface area contributed by atoms with E-state index in [2.05, 4.69) is 16.5 Å². The second-order valence-electron chi connectivity index (χ2n) is 8.50. The lowest BCUT2D eigenvalue weighted by Gasteiger charge is -2.39. The fraction of sp³-hybridized carbons (Fsp3) is 0.500. The van der Waals surface area contributed by atoms with E-state index < -0.39 is 18.3 Å². The van der Waals surface area contributed by atoms with Gasteiger partial charge in [-0.1, -0.05) is 17.7 Å². The molecular formula is C22H27FN6O2. The summed E-state index contributed by atoms with van der Waals surface area (Å²) >= 11 is 0. The zero-order valence-corrected chi connectivity index (χ0v) is 17.4. The number of anilines is 2. The third-order valence-corrected chi connectivity index (χ3v) is 6.21. The molecule has 1 saturated carbocycles. The topological polar surface area (TPSA) is 120 Å². The molecular weight excluding hydrogens is 399 g/mol. The SMILES string of the molecule is Cc1ccc(Nc2nn([C@H]3CC[C@H](C(=O)N4CC(F)C4)C[C@@H]3C#N)cc2C(N)O)cc1. The van der Waals surface area contributed by atoms with Gasteiger partial charge in [0.15, 0.2) is 5.82 Å². The Hall–Kier alpha value is -2.96. The van der Waals surface area contributed by atoms with Crippen molar-refractivity contribution in [2.24, 2.45) is 17.6 Å². The number of nitriles is 1. The number of likely N-dealkylation sites (tertiary alicyclic amines) is 1. The number of hydrogen-bond donors (Lipinski definition) is 3. The van der Waals surface area contributed by atoms with Crippen LogP contribution in [0.5, 0.6) is 0 Å². The molecule has 1 aromatic carbocycles. The Balaban J connectivity index is 1.51. The van der Waals surface area contributed by atoms with Crippen LogP contribution in [-0.2, 0) is 4.79 Å². The van der Waals surface area contributed by atoms with Gasteiger partial charge in [-0.25, -0.2) is 4.39 Å². The summed E-state index contributed by atoms with van der Waals surface area (Å²) in [4.78, 5) is 14.1. The van der Waals surface area contributed by atoms with Crippen molar-refractivity contribution in [3.8, 4) is 6.07 Å². The van der Waals surface area contributed by atoms with E-state index in [1.807, 2.05) is 31.2 Å². The number of aliphatic hydroxyl groups is 1. The van der Waals surface area contributed by atoms with Crippen molar-refractivity contribution in [3.05, 3.63) is 41.6 Å². The minimum Gasteiger partial charge on any atom is -0.374 e. The van der Waals surface area contributed by atoms with Crippen molar-refractivity contribution in [1.29, 1.82) is 5.26 Å². The van der Waals surface area contributed by atoms with Crippen LogP contribution in [0.2, 0.25) is 0 Å². The molecule has 31 heavy (non-hydrogen) atoms. The van der Waals surface area contributed by atoms with Crippen molar-refractivity contribution in [2.75, 3.05) is 18.4 Å². The third-order valence-electron chi connectivity index (χ3n) is 6.21. The maximum atomic E-state index is 13.1. The number of benzene rings is 1. The standard InChI is InChI=1S/C22H27FN6O2/c1-13-2-5-17(6-3-13)26-21-18(20(25)30)12-29(27-21)19-7-4-14(8-15(19)9-24)22(31)28-10-16(23)11-28/h2-3,5-6,12,14-16,19-20,30H,4,7-8,10-11,25H2,1H3,(H,26,27)/t14-,15+,19-,20?/m0/s1. The fourth-order valence-corrected chi connectivity index (χ4v) is 4.36. The summed E-state index contributed by atoms with van der Waals surface area (Å²) in [6.45, 7) is 2.30. The maximum absolute atomic E-state index is 13.1. The number of nitrogens with one attached hydrogen (secondary N) is 1. The van der Waals surface area contributed by atoms with Crippen LogP contribution in [0.15, 0.2) is 30.5 Å². The number of nitrogens with zero attached hydrogens (tertiary/aromatic N) is 4. The summed E-state index contributed by atoms with van der Waals surface area (Å²) in [5.74, 6) is -0.315. The molecule has 2 aromatic rings. The number of aromatic nitrogens is 2. The minimum atomic E-state index is -1.22. The number of hydrogen-bond acceptors (Lipinski definition) is 6. The number of aryl methyl sites for hydroxylation is 1. The zero-order valence-electron chi connectivity index (χ0n) is 17.4. The van der Waals surface area contributed by atoms with Crippen LogP contribution in [0.4, 0.5) is 15.9 Å². The van der Waals surface area contributed by atoms with Crippen LogP contribution < -0.4 is 11.1 Å². The fourth-order valence-electron chi connectivity index (χ4n) is 4.36. The summed E-state index contributed by atoms with van der Waals surface area (Å²) in [7, 11) is 0. The van der Waals surface area contributed by atoms with Gasteiger partial charge < -0.3 is 21.1 Å². The summed E-state index contributed by atoms with van der Waals surface area (Å²) in [5, 5.41) is 27.6. The predicted octanol–water partition coefficient (Wildman–Crippen LogP) is 2.55. The molecule has 164 valence electrons. The molecule has 1 aliphatic carbocycles. The number of halogens is 1. The highest BCUT2D eigenvalue weighted by molar-refractivity contribution is 5.80. The van der Waals surface area contributed by atoms with Crippen LogP contribution in [-0.4, -0.2) is 45.0 Å². The Morgan fingerprint density at radius 3 is 2.68 bits per heavy atom. The van der Waals surface area contributed by atoms with E-state index in [1.54, 1.807) is 10.9 Å². The molecule has 1 aliphatic heterocycles. The molecule has 2 aliphatic rings. The van der Waals surface area contributed by atoms with Crippen LogP contribution in [0.1, 0.15) is 42.7 Å². The van der Waals surface area contributed by atoms with E-state index >= 15 is 0 Å². The smallest absolute Gasteiger partial charge is 0.225 e. The Labute approximate surface area is 180 Å². The van der Waals surface area contributed by atoms with E-state index in [0.29, 0.717) is 30.6 Å². The van der Waals surface area contributed by atoms with Gasteiger partial charge in [0.1, 0.15) is 12.4 Å². The first kappa shape index (κ1) is 21.3. The average molecular weight is 426 g/mol.